The molecule has 160 valence electrons. The molecule has 2 aromatic rings. The van der Waals surface area contributed by atoms with Gasteiger partial charge in [0.05, 0.1) is 5.69 Å². The summed E-state index contributed by atoms with van der Waals surface area (Å²) in [4.78, 5) is 27.3. The predicted octanol–water partition coefficient (Wildman–Crippen LogP) is 5.58. The topological polar surface area (TPSA) is 64.1 Å². The van der Waals surface area contributed by atoms with E-state index in [1.165, 1.54) is 4.90 Å². The molecule has 0 aliphatic carbocycles. The zero-order chi connectivity index (χ0) is 22.1. The van der Waals surface area contributed by atoms with Gasteiger partial charge < -0.3 is 5.11 Å². The highest BCUT2D eigenvalue weighted by atomic mass is 79.9. The summed E-state index contributed by atoms with van der Waals surface area (Å²) in [6.45, 7) is 6.54. The van der Waals surface area contributed by atoms with Gasteiger partial charge in [0.25, 0.3) is 5.91 Å². The van der Waals surface area contributed by atoms with Gasteiger partial charge in [0.15, 0.2) is 0 Å². The van der Waals surface area contributed by atoms with Gasteiger partial charge in [-0.25, -0.2) is 4.79 Å². The minimum absolute atomic E-state index is 0.289. The molecule has 2 aromatic carbocycles. The molecule has 0 aromatic heterocycles. The fourth-order valence-corrected chi connectivity index (χ4v) is 4.34. The molecule has 1 aliphatic rings. The summed E-state index contributed by atoms with van der Waals surface area (Å²) in [5.74, 6) is -0.289. The van der Waals surface area contributed by atoms with Crippen LogP contribution in [0, 0.1) is 0 Å². The van der Waals surface area contributed by atoms with Crippen molar-refractivity contribution < 1.29 is 14.7 Å². The number of hydrazine groups is 1. The molecule has 0 unspecified atom stereocenters. The molecule has 30 heavy (non-hydrogen) atoms. The second kappa shape index (κ2) is 8.86. The Morgan fingerprint density at radius 3 is 2.30 bits per heavy atom. The monoisotopic (exact) mass is 493 g/mol. The molecule has 1 atom stereocenters. The van der Waals surface area contributed by atoms with Crippen molar-refractivity contribution >= 4 is 45.2 Å². The Bertz CT molecular complexity index is 930. The zero-order valence-corrected chi connectivity index (χ0v) is 19.5. The Morgan fingerprint density at radius 1 is 1.10 bits per heavy atom. The second-order valence-corrected chi connectivity index (χ2v) is 9.46. The largest absolute Gasteiger partial charge is 0.465 e. The Kier molecular flexibility index (Phi) is 6.62. The lowest BCUT2D eigenvalue weighted by Crippen LogP contribution is -2.54. The van der Waals surface area contributed by atoms with E-state index in [-0.39, 0.29) is 5.91 Å². The molecular weight excluding hydrogens is 470 g/mol. The van der Waals surface area contributed by atoms with Crippen molar-refractivity contribution in [2.45, 2.75) is 38.8 Å². The van der Waals surface area contributed by atoms with Crippen LogP contribution in [-0.2, 0) is 4.79 Å². The highest BCUT2D eigenvalue weighted by Crippen LogP contribution is 2.35. The molecular formula is C22H25BrClN3O3. The van der Waals surface area contributed by atoms with E-state index in [1.54, 1.807) is 50.0 Å². The summed E-state index contributed by atoms with van der Waals surface area (Å²) in [5.41, 5.74) is 0.667. The standard InChI is InChI=1S/C22H25BrClN3O3/c1-22(2,3)27(21(29)30)19(15-9-11-16(24)12-10-15)20(28)26-14-6-13-25(26)18-8-5-4-7-17(18)23/h4-5,7-12,19H,6,13-14H2,1-3H3,(H,29,30)/t19-/m0/s1. The second-order valence-electron chi connectivity index (χ2n) is 8.17. The lowest BCUT2D eigenvalue weighted by atomic mass is 9.97. The number of carboxylic acid groups (broad SMARTS) is 1. The van der Waals surface area contributed by atoms with Gasteiger partial charge in [-0.3, -0.25) is 19.7 Å². The van der Waals surface area contributed by atoms with E-state index in [9.17, 15) is 14.7 Å². The van der Waals surface area contributed by atoms with Crippen LogP contribution in [0.2, 0.25) is 5.02 Å². The first-order valence-electron chi connectivity index (χ1n) is 9.72. The third kappa shape index (κ3) is 4.57. The number of carbonyl (C=O) groups is 2. The number of anilines is 1. The number of benzene rings is 2. The Balaban J connectivity index is 2.06. The van der Waals surface area contributed by atoms with Gasteiger partial charge in [-0.15, -0.1) is 0 Å². The molecule has 1 saturated heterocycles. The average molecular weight is 495 g/mol. The van der Waals surface area contributed by atoms with Gasteiger partial charge >= 0.3 is 6.09 Å². The van der Waals surface area contributed by atoms with Crippen molar-refractivity contribution in [2.75, 3.05) is 18.1 Å². The molecule has 1 N–H and O–H groups in total. The lowest BCUT2D eigenvalue weighted by Gasteiger charge is -2.42. The Hall–Kier alpha value is -2.25. The molecule has 0 spiro atoms. The zero-order valence-electron chi connectivity index (χ0n) is 17.2. The number of hydrogen-bond acceptors (Lipinski definition) is 3. The van der Waals surface area contributed by atoms with E-state index < -0.39 is 17.7 Å². The highest BCUT2D eigenvalue weighted by molar-refractivity contribution is 9.10. The molecule has 2 amide bonds. The number of amides is 2. The molecule has 1 heterocycles. The minimum Gasteiger partial charge on any atom is -0.465 e. The fraction of sp³-hybridized carbons (Fsp3) is 0.364. The Morgan fingerprint density at radius 2 is 1.73 bits per heavy atom. The molecule has 6 nitrogen and oxygen atoms in total. The van der Waals surface area contributed by atoms with Crippen molar-refractivity contribution in [3.63, 3.8) is 0 Å². The van der Waals surface area contributed by atoms with Crippen LogP contribution >= 0.6 is 27.5 Å². The molecule has 1 fully saturated rings. The third-order valence-electron chi connectivity index (χ3n) is 5.02. The minimum atomic E-state index is -1.15. The molecule has 0 saturated carbocycles. The fourth-order valence-electron chi connectivity index (χ4n) is 3.73. The number of nitrogens with zero attached hydrogens (tertiary/aromatic N) is 3. The number of carbonyl (C=O) groups excluding carboxylic acids is 1. The molecule has 0 radical (unpaired) electrons. The Labute approximate surface area is 190 Å². The summed E-state index contributed by atoms with van der Waals surface area (Å²) in [6.07, 6.45) is -0.356. The summed E-state index contributed by atoms with van der Waals surface area (Å²) >= 11 is 9.59. The van der Waals surface area contributed by atoms with E-state index in [0.717, 1.165) is 16.6 Å². The number of para-hydroxylation sites is 1. The molecule has 3 rings (SSSR count). The maximum Gasteiger partial charge on any atom is 0.408 e. The first kappa shape index (κ1) is 22.4. The summed E-state index contributed by atoms with van der Waals surface area (Å²) in [6, 6.07) is 13.5. The van der Waals surface area contributed by atoms with Crippen LogP contribution in [0.1, 0.15) is 38.8 Å². The van der Waals surface area contributed by atoms with Crippen LogP contribution in [0.5, 0.6) is 0 Å². The van der Waals surface area contributed by atoms with Crippen molar-refractivity contribution in [3.8, 4) is 0 Å². The molecule has 0 bridgehead atoms. The van der Waals surface area contributed by atoms with E-state index >= 15 is 0 Å². The first-order chi connectivity index (χ1) is 14.1. The van der Waals surface area contributed by atoms with Gasteiger partial charge in [0, 0.05) is 28.1 Å². The first-order valence-corrected chi connectivity index (χ1v) is 10.9. The van der Waals surface area contributed by atoms with Crippen molar-refractivity contribution in [1.29, 1.82) is 0 Å². The van der Waals surface area contributed by atoms with Crippen LogP contribution in [-0.4, -0.2) is 45.6 Å². The number of rotatable bonds is 4. The van der Waals surface area contributed by atoms with Crippen LogP contribution in [0.3, 0.4) is 0 Å². The molecule has 8 heteroatoms. The highest BCUT2D eigenvalue weighted by Gasteiger charge is 2.42. The van der Waals surface area contributed by atoms with Crippen molar-refractivity contribution in [1.82, 2.24) is 9.91 Å². The number of halogens is 2. The van der Waals surface area contributed by atoms with Crippen LogP contribution in [0.25, 0.3) is 0 Å². The average Bonchev–Trinajstić information content (AvgIpc) is 3.15. The van der Waals surface area contributed by atoms with Crippen molar-refractivity contribution in [3.05, 3.63) is 63.6 Å². The van der Waals surface area contributed by atoms with E-state index in [2.05, 4.69) is 15.9 Å². The van der Waals surface area contributed by atoms with Gasteiger partial charge in [0.1, 0.15) is 6.04 Å². The predicted molar refractivity (Wildman–Crippen MR) is 122 cm³/mol. The number of hydrogen-bond donors (Lipinski definition) is 1. The summed E-state index contributed by atoms with van der Waals surface area (Å²) < 4.78 is 0.874. The van der Waals surface area contributed by atoms with Crippen LogP contribution in [0.4, 0.5) is 10.5 Å². The van der Waals surface area contributed by atoms with Gasteiger partial charge in [-0.2, -0.15) is 0 Å². The SMILES string of the molecule is CC(C)(C)N(C(=O)O)[C@H](C(=O)N1CCCN1c1ccccc1Br)c1ccc(Cl)cc1. The van der Waals surface area contributed by atoms with E-state index in [4.69, 9.17) is 11.6 Å². The van der Waals surface area contributed by atoms with Gasteiger partial charge in [-0.1, -0.05) is 35.9 Å². The maximum atomic E-state index is 13.8. The van der Waals surface area contributed by atoms with Crippen LogP contribution < -0.4 is 5.01 Å². The third-order valence-corrected chi connectivity index (χ3v) is 5.95. The maximum absolute atomic E-state index is 13.8. The van der Waals surface area contributed by atoms with Crippen LogP contribution in [0.15, 0.2) is 53.0 Å². The normalized spacial score (nSPS) is 15.2. The smallest absolute Gasteiger partial charge is 0.408 e. The van der Waals surface area contributed by atoms with Crippen molar-refractivity contribution in [2.24, 2.45) is 0 Å². The summed E-state index contributed by atoms with van der Waals surface area (Å²) in [7, 11) is 0. The van der Waals surface area contributed by atoms with E-state index in [0.29, 0.717) is 23.7 Å². The lowest BCUT2D eigenvalue weighted by molar-refractivity contribution is -0.138. The van der Waals surface area contributed by atoms with Gasteiger partial charge in [0.2, 0.25) is 0 Å². The van der Waals surface area contributed by atoms with E-state index in [1.807, 2.05) is 29.3 Å². The molecule has 1 aliphatic heterocycles. The summed E-state index contributed by atoms with van der Waals surface area (Å²) in [5, 5.41) is 14.1. The van der Waals surface area contributed by atoms with Gasteiger partial charge in [-0.05, 0) is 73.0 Å². The quantitative estimate of drug-likeness (QED) is 0.603.